The van der Waals surface area contributed by atoms with Crippen molar-refractivity contribution in [3.63, 3.8) is 0 Å². The summed E-state index contributed by atoms with van der Waals surface area (Å²) < 4.78 is 4.73. The van der Waals surface area contributed by atoms with Gasteiger partial charge in [0.15, 0.2) is 0 Å². The van der Waals surface area contributed by atoms with Gasteiger partial charge < -0.3 is 15.8 Å². The Morgan fingerprint density at radius 3 is 3.05 bits per heavy atom. The Bertz CT molecular complexity index is 526. The van der Waals surface area contributed by atoms with E-state index in [1.54, 1.807) is 12.1 Å². The number of methoxy groups -OCH3 is 1. The Kier molecular flexibility index (Phi) is 4.74. The minimum atomic E-state index is -0.359. The Morgan fingerprint density at radius 1 is 1.55 bits per heavy atom. The van der Waals surface area contributed by atoms with Gasteiger partial charge in [-0.2, -0.15) is 0 Å². The molecule has 1 atom stereocenters. The van der Waals surface area contributed by atoms with Gasteiger partial charge in [-0.25, -0.2) is 9.79 Å². The number of esters is 1. The molecule has 0 fully saturated rings. The van der Waals surface area contributed by atoms with Crippen LogP contribution in [0.1, 0.15) is 48.1 Å². The first-order valence-corrected chi connectivity index (χ1v) is 6.94. The van der Waals surface area contributed by atoms with Crippen molar-refractivity contribution < 1.29 is 9.53 Å². The number of nitrogens with zero attached hydrogens (tertiary/aromatic N) is 1. The van der Waals surface area contributed by atoms with Crippen molar-refractivity contribution in [1.29, 1.82) is 0 Å². The monoisotopic (exact) mass is 275 g/mol. The fraction of sp³-hybridized carbons (Fsp3) is 0.467. The van der Waals surface area contributed by atoms with E-state index < -0.39 is 0 Å². The number of carbonyl (C=O) groups is 1. The minimum Gasteiger partial charge on any atom is -0.465 e. The van der Waals surface area contributed by atoms with Crippen LogP contribution in [0.15, 0.2) is 23.2 Å². The lowest BCUT2D eigenvalue weighted by Crippen LogP contribution is -2.30. The highest BCUT2D eigenvalue weighted by molar-refractivity contribution is 5.92. The second kappa shape index (κ2) is 6.52. The number of benzene rings is 1. The Hall–Kier alpha value is -1.88. The van der Waals surface area contributed by atoms with Crippen molar-refractivity contribution in [3.05, 3.63) is 29.3 Å². The van der Waals surface area contributed by atoms with Gasteiger partial charge in [0.1, 0.15) is 5.84 Å². The van der Waals surface area contributed by atoms with Crippen LogP contribution in [-0.2, 0) is 4.74 Å². The van der Waals surface area contributed by atoms with Crippen LogP contribution in [0.4, 0.5) is 5.69 Å². The van der Waals surface area contributed by atoms with E-state index >= 15 is 0 Å². The molecule has 1 heterocycles. The van der Waals surface area contributed by atoms with Gasteiger partial charge in [-0.15, -0.1) is 0 Å². The summed E-state index contributed by atoms with van der Waals surface area (Å²) in [6, 6.07) is 5.61. The average Bonchev–Trinajstić information content (AvgIpc) is 2.45. The molecule has 1 aromatic carbocycles. The molecule has 5 nitrogen and oxygen atoms in total. The van der Waals surface area contributed by atoms with E-state index in [1.807, 2.05) is 6.07 Å². The van der Waals surface area contributed by atoms with E-state index in [2.05, 4.69) is 17.2 Å². The summed E-state index contributed by atoms with van der Waals surface area (Å²) in [7, 11) is 1.37. The van der Waals surface area contributed by atoms with Crippen LogP contribution in [0.3, 0.4) is 0 Å². The van der Waals surface area contributed by atoms with E-state index in [9.17, 15) is 4.79 Å². The van der Waals surface area contributed by atoms with Gasteiger partial charge in [0.25, 0.3) is 0 Å². The maximum absolute atomic E-state index is 11.6. The summed E-state index contributed by atoms with van der Waals surface area (Å²) >= 11 is 0. The molecule has 1 unspecified atom stereocenters. The average molecular weight is 275 g/mol. The molecule has 0 radical (unpaired) electrons. The first kappa shape index (κ1) is 14.5. The lowest BCUT2D eigenvalue weighted by atomic mass is 9.96. The summed E-state index contributed by atoms with van der Waals surface area (Å²) in [5.74, 6) is 0.233. The normalized spacial score (nSPS) is 17.3. The number of nitrogens with one attached hydrogen (secondary N) is 1. The fourth-order valence-electron chi connectivity index (χ4n) is 2.33. The van der Waals surface area contributed by atoms with E-state index in [1.165, 1.54) is 7.11 Å². The molecule has 0 amide bonds. The van der Waals surface area contributed by atoms with Gasteiger partial charge in [0.2, 0.25) is 0 Å². The Balaban J connectivity index is 2.24. The van der Waals surface area contributed by atoms with Crippen LogP contribution in [0, 0.1) is 0 Å². The molecule has 108 valence electrons. The predicted octanol–water partition coefficient (Wildman–Crippen LogP) is 2.30. The molecule has 5 heteroatoms. The van der Waals surface area contributed by atoms with Gasteiger partial charge in [0, 0.05) is 12.5 Å². The molecular formula is C15H21N3O2. The first-order valence-electron chi connectivity index (χ1n) is 6.94. The maximum atomic E-state index is 11.6. The van der Waals surface area contributed by atoms with Gasteiger partial charge in [-0.05, 0) is 30.7 Å². The Morgan fingerprint density at radius 2 is 2.35 bits per heavy atom. The minimum absolute atomic E-state index is 0.167. The van der Waals surface area contributed by atoms with Gasteiger partial charge >= 0.3 is 5.97 Å². The van der Waals surface area contributed by atoms with Gasteiger partial charge in [-0.1, -0.05) is 19.4 Å². The number of unbranched alkanes of at least 4 members (excludes halogenated alkanes) is 1. The summed E-state index contributed by atoms with van der Waals surface area (Å²) in [6.45, 7) is 3.11. The van der Waals surface area contributed by atoms with E-state index in [-0.39, 0.29) is 12.0 Å². The van der Waals surface area contributed by atoms with E-state index in [0.29, 0.717) is 17.8 Å². The summed E-state index contributed by atoms with van der Waals surface area (Å²) in [6.07, 6.45) is 2.98. The lowest BCUT2D eigenvalue weighted by Gasteiger charge is -2.24. The van der Waals surface area contributed by atoms with Gasteiger partial charge in [0.05, 0.1) is 18.4 Å². The highest BCUT2D eigenvalue weighted by Crippen LogP contribution is 2.33. The summed E-state index contributed by atoms with van der Waals surface area (Å²) in [5, 5.41) is 3.49. The molecule has 2 rings (SSSR count). The molecule has 20 heavy (non-hydrogen) atoms. The number of hydrogen-bond donors (Lipinski definition) is 2. The number of fused-ring (bicyclic) bond motifs is 1. The van der Waals surface area contributed by atoms with Crippen LogP contribution >= 0.6 is 0 Å². The third-order valence-electron chi connectivity index (χ3n) is 3.43. The molecule has 1 aromatic rings. The molecule has 0 saturated heterocycles. The first-order chi connectivity index (χ1) is 9.65. The van der Waals surface area contributed by atoms with Crippen LogP contribution < -0.4 is 11.1 Å². The third-order valence-corrected chi connectivity index (χ3v) is 3.43. The number of ether oxygens (including phenoxy) is 1. The predicted molar refractivity (Wildman–Crippen MR) is 79.3 cm³/mol. The molecule has 1 aliphatic heterocycles. The van der Waals surface area contributed by atoms with Crippen molar-refractivity contribution in [2.75, 3.05) is 13.7 Å². The molecular weight excluding hydrogens is 254 g/mol. The van der Waals surface area contributed by atoms with Crippen molar-refractivity contribution in [3.8, 4) is 0 Å². The zero-order valence-electron chi connectivity index (χ0n) is 12.0. The highest BCUT2D eigenvalue weighted by Gasteiger charge is 2.22. The van der Waals surface area contributed by atoms with E-state index in [0.717, 1.165) is 30.6 Å². The zero-order chi connectivity index (χ0) is 14.5. The lowest BCUT2D eigenvalue weighted by molar-refractivity contribution is 0.0600. The second-order valence-electron chi connectivity index (χ2n) is 4.93. The molecule has 0 bridgehead atoms. The third kappa shape index (κ3) is 3.17. The van der Waals surface area contributed by atoms with Crippen molar-refractivity contribution in [1.82, 2.24) is 5.32 Å². The van der Waals surface area contributed by atoms with Crippen LogP contribution in [0.5, 0.6) is 0 Å². The number of hydrogen-bond acceptors (Lipinski definition) is 5. The Labute approximate surface area is 119 Å². The van der Waals surface area contributed by atoms with Crippen molar-refractivity contribution >= 4 is 17.5 Å². The molecule has 3 N–H and O–H groups in total. The van der Waals surface area contributed by atoms with Crippen LogP contribution in [0.2, 0.25) is 0 Å². The number of carbonyl (C=O) groups excluding carboxylic acids is 1. The quantitative estimate of drug-likeness (QED) is 0.638. The topological polar surface area (TPSA) is 76.7 Å². The standard InChI is InChI=1S/C15H21N3O2/c1-3-4-7-17-12-9-14(16)18-13-8-10(15(19)20-2)5-6-11(12)13/h5-6,8,12,17H,3-4,7,9H2,1-2H3,(H2,16,18). The summed E-state index contributed by atoms with van der Waals surface area (Å²) in [4.78, 5) is 15.9. The number of amidine groups is 1. The second-order valence-corrected chi connectivity index (χ2v) is 4.93. The molecule has 0 saturated carbocycles. The number of nitrogens with two attached hydrogens (primary N) is 1. The van der Waals surface area contributed by atoms with Crippen LogP contribution in [-0.4, -0.2) is 25.5 Å². The van der Waals surface area contributed by atoms with Crippen LogP contribution in [0.25, 0.3) is 0 Å². The van der Waals surface area contributed by atoms with Crippen molar-refractivity contribution in [2.24, 2.45) is 10.7 Å². The number of aliphatic imine (C=N–C) groups is 1. The fourth-order valence-corrected chi connectivity index (χ4v) is 2.33. The molecule has 0 aromatic heterocycles. The maximum Gasteiger partial charge on any atom is 0.337 e. The SMILES string of the molecule is CCCCNC1CC(N)=Nc2cc(C(=O)OC)ccc21. The highest BCUT2D eigenvalue weighted by atomic mass is 16.5. The summed E-state index contributed by atoms with van der Waals surface area (Å²) in [5.41, 5.74) is 8.24. The molecule has 1 aliphatic rings. The van der Waals surface area contributed by atoms with Crippen molar-refractivity contribution in [2.45, 2.75) is 32.2 Å². The molecule has 0 spiro atoms. The van der Waals surface area contributed by atoms with Gasteiger partial charge in [-0.3, -0.25) is 0 Å². The molecule has 0 aliphatic carbocycles. The number of rotatable bonds is 5. The largest absolute Gasteiger partial charge is 0.465 e. The van der Waals surface area contributed by atoms with E-state index in [4.69, 9.17) is 10.5 Å². The zero-order valence-corrected chi connectivity index (χ0v) is 12.0. The smallest absolute Gasteiger partial charge is 0.337 e.